The van der Waals surface area contributed by atoms with E-state index in [9.17, 15) is 4.79 Å². The van der Waals surface area contributed by atoms with E-state index in [1.165, 1.54) is 5.56 Å². The summed E-state index contributed by atoms with van der Waals surface area (Å²) in [5.41, 5.74) is 2.02. The van der Waals surface area contributed by atoms with E-state index in [-0.39, 0.29) is 11.9 Å². The Labute approximate surface area is 150 Å². The zero-order chi connectivity index (χ0) is 16.9. The number of nitrogens with zero attached hydrogens (tertiary/aromatic N) is 1. The lowest BCUT2D eigenvalue weighted by Crippen LogP contribution is -2.32. The molecule has 1 saturated heterocycles. The molecule has 5 heteroatoms. The summed E-state index contributed by atoms with van der Waals surface area (Å²) < 4.78 is 6.27. The first-order valence-corrected chi connectivity index (χ1v) is 8.88. The molecule has 0 aliphatic carbocycles. The van der Waals surface area contributed by atoms with Gasteiger partial charge >= 0.3 is 0 Å². The van der Waals surface area contributed by atoms with Crippen molar-refractivity contribution in [1.82, 2.24) is 4.90 Å². The van der Waals surface area contributed by atoms with Crippen LogP contribution in [0.5, 0.6) is 5.75 Å². The molecule has 0 radical (unpaired) electrons. The standard InChI is InChI=1S/C19H21BrN2O2/c1-24-17-8-2-5-14(11-17)18-9-4-10-22(18)13-19(23)21-16-7-3-6-15(20)12-16/h2-3,5-8,11-12,18H,4,9-10,13H2,1H3,(H,21,23)/t18-/m0/s1. The molecule has 1 fully saturated rings. The molecular weight excluding hydrogens is 368 g/mol. The van der Waals surface area contributed by atoms with E-state index in [1.807, 2.05) is 36.4 Å². The topological polar surface area (TPSA) is 41.6 Å². The smallest absolute Gasteiger partial charge is 0.238 e. The molecule has 1 heterocycles. The molecule has 1 aliphatic rings. The van der Waals surface area contributed by atoms with Crippen molar-refractivity contribution in [3.05, 3.63) is 58.6 Å². The zero-order valence-electron chi connectivity index (χ0n) is 13.7. The Hall–Kier alpha value is -1.85. The van der Waals surface area contributed by atoms with Gasteiger partial charge in [0.2, 0.25) is 5.91 Å². The first-order valence-electron chi connectivity index (χ1n) is 8.09. The number of nitrogens with one attached hydrogen (secondary N) is 1. The van der Waals surface area contributed by atoms with Crippen molar-refractivity contribution in [2.45, 2.75) is 18.9 Å². The summed E-state index contributed by atoms with van der Waals surface area (Å²) in [6.07, 6.45) is 2.17. The molecule has 4 nitrogen and oxygen atoms in total. The van der Waals surface area contributed by atoms with Crippen LogP contribution in [0.2, 0.25) is 0 Å². The molecule has 24 heavy (non-hydrogen) atoms. The number of carbonyl (C=O) groups excluding carboxylic acids is 1. The van der Waals surface area contributed by atoms with Crippen LogP contribution >= 0.6 is 15.9 Å². The van der Waals surface area contributed by atoms with Crippen LogP contribution < -0.4 is 10.1 Å². The van der Waals surface area contributed by atoms with E-state index < -0.39 is 0 Å². The van der Waals surface area contributed by atoms with Gasteiger partial charge in [0.05, 0.1) is 13.7 Å². The van der Waals surface area contributed by atoms with Crippen molar-refractivity contribution < 1.29 is 9.53 Å². The zero-order valence-corrected chi connectivity index (χ0v) is 15.3. The number of hydrogen-bond donors (Lipinski definition) is 1. The largest absolute Gasteiger partial charge is 0.497 e. The third kappa shape index (κ3) is 4.16. The molecule has 2 aromatic carbocycles. The van der Waals surface area contributed by atoms with E-state index in [0.29, 0.717) is 6.54 Å². The average molecular weight is 389 g/mol. The predicted octanol–water partition coefficient (Wildman–Crippen LogP) is 4.23. The summed E-state index contributed by atoms with van der Waals surface area (Å²) in [7, 11) is 1.68. The molecule has 0 saturated carbocycles. The van der Waals surface area contributed by atoms with Crippen molar-refractivity contribution in [1.29, 1.82) is 0 Å². The average Bonchev–Trinajstić information content (AvgIpc) is 3.03. The van der Waals surface area contributed by atoms with Crippen molar-refractivity contribution in [3.8, 4) is 5.75 Å². The Balaban J connectivity index is 1.66. The fraction of sp³-hybridized carbons (Fsp3) is 0.316. The molecule has 3 rings (SSSR count). The maximum atomic E-state index is 12.4. The molecule has 0 unspecified atom stereocenters. The quantitative estimate of drug-likeness (QED) is 0.832. The van der Waals surface area contributed by atoms with Crippen LogP contribution in [0.4, 0.5) is 5.69 Å². The van der Waals surface area contributed by atoms with E-state index in [1.54, 1.807) is 7.11 Å². The summed E-state index contributed by atoms with van der Waals surface area (Å²) in [5, 5.41) is 2.97. The highest BCUT2D eigenvalue weighted by Crippen LogP contribution is 2.33. The molecule has 0 bridgehead atoms. The van der Waals surface area contributed by atoms with E-state index in [4.69, 9.17) is 4.74 Å². The number of rotatable bonds is 5. The lowest BCUT2D eigenvalue weighted by molar-refractivity contribution is -0.117. The minimum absolute atomic E-state index is 0.0166. The molecule has 2 aromatic rings. The van der Waals surface area contributed by atoms with Gasteiger partial charge in [-0.3, -0.25) is 9.69 Å². The molecule has 0 aromatic heterocycles. The minimum Gasteiger partial charge on any atom is -0.497 e. The van der Waals surface area contributed by atoms with Crippen molar-refractivity contribution >= 4 is 27.5 Å². The second-order valence-corrected chi connectivity index (χ2v) is 6.88. The highest BCUT2D eigenvalue weighted by Gasteiger charge is 2.27. The molecule has 126 valence electrons. The molecule has 1 N–H and O–H groups in total. The van der Waals surface area contributed by atoms with Gasteiger partial charge in [0.15, 0.2) is 0 Å². The SMILES string of the molecule is COc1cccc([C@@H]2CCCN2CC(=O)Nc2cccc(Br)c2)c1. The second kappa shape index (κ2) is 7.81. The summed E-state index contributed by atoms with van der Waals surface area (Å²) in [6, 6.07) is 16.0. The van der Waals surface area contributed by atoms with Gasteiger partial charge in [-0.1, -0.05) is 34.1 Å². The molecular formula is C19H21BrN2O2. The third-order valence-corrected chi connectivity index (χ3v) is 4.79. The van der Waals surface area contributed by atoms with Crippen LogP contribution in [0, 0.1) is 0 Å². The second-order valence-electron chi connectivity index (χ2n) is 5.96. The van der Waals surface area contributed by atoms with Gasteiger partial charge < -0.3 is 10.1 Å². The number of amides is 1. The van der Waals surface area contributed by atoms with Crippen LogP contribution in [-0.4, -0.2) is 31.0 Å². The first-order chi connectivity index (χ1) is 11.7. The van der Waals surface area contributed by atoms with Gasteiger partial charge in [-0.25, -0.2) is 0 Å². The first kappa shape index (κ1) is 17.0. The monoisotopic (exact) mass is 388 g/mol. The highest BCUT2D eigenvalue weighted by atomic mass is 79.9. The Bertz CT molecular complexity index is 720. The van der Waals surface area contributed by atoms with E-state index in [0.717, 1.165) is 35.3 Å². The van der Waals surface area contributed by atoms with Crippen molar-refractivity contribution in [2.24, 2.45) is 0 Å². The molecule has 1 aliphatic heterocycles. The number of hydrogen-bond acceptors (Lipinski definition) is 3. The molecule has 1 amide bonds. The van der Waals surface area contributed by atoms with Crippen LogP contribution in [0.15, 0.2) is 53.0 Å². The maximum absolute atomic E-state index is 12.4. The van der Waals surface area contributed by atoms with Gasteiger partial charge in [0.1, 0.15) is 5.75 Å². The highest BCUT2D eigenvalue weighted by molar-refractivity contribution is 9.10. The minimum atomic E-state index is 0.0166. The Kier molecular flexibility index (Phi) is 5.53. The molecule has 1 atom stereocenters. The normalized spacial score (nSPS) is 17.7. The maximum Gasteiger partial charge on any atom is 0.238 e. The fourth-order valence-corrected chi connectivity index (χ4v) is 3.59. The number of methoxy groups -OCH3 is 1. The lowest BCUT2D eigenvalue weighted by atomic mass is 10.0. The summed E-state index contributed by atoms with van der Waals surface area (Å²) in [6.45, 7) is 1.34. The van der Waals surface area contributed by atoms with Gasteiger partial charge in [-0.05, 0) is 55.3 Å². The van der Waals surface area contributed by atoms with Gasteiger partial charge in [0.25, 0.3) is 0 Å². The molecule has 0 spiro atoms. The van der Waals surface area contributed by atoms with Gasteiger partial charge in [-0.15, -0.1) is 0 Å². The van der Waals surface area contributed by atoms with Crippen molar-refractivity contribution in [3.63, 3.8) is 0 Å². The fourth-order valence-electron chi connectivity index (χ4n) is 3.19. The Morgan fingerprint density at radius 2 is 2.12 bits per heavy atom. The van der Waals surface area contributed by atoms with Crippen LogP contribution in [0.25, 0.3) is 0 Å². The van der Waals surface area contributed by atoms with Crippen LogP contribution in [-0.2, 0) is 4.79 Å². The number of benzene rings is 2. The number of anilines is 1. The van der Waals surface area contributed by atoms with Crippen LogP contribution in [0.3, 0.4) is 0 Å². The Morgan fingerprint density at radius 3 is 2.92 bits per heavy atom. The number of likely N-dealkylation sites (tertiary alicyclic amines) is 1. The Morgan fingerprint density at radius 1 is 1.29 bits per heavy atom. The number of carbonyl (C=O) groups is 1. The van der Waals surface area contributed by atoms with Crippen molar-refractivity contribution in [2.75, 3.05) is 25.5 Å². The lowest BCUT2D eigenvalue weighted by Gasteiger charge is -2.24. The van der Waals surface area contributed by atoms with Gasteiger partial charge in [-0.2, -0.15) is 0 Å². The van der Waals surface area contributed by atoms with E-state index >= 15 is 0 Å². The number of ether oxygens (including phenoxy) is 1. The predicted molar refractivity (Wildman–Crippen MR) is 99.3 cm³/mol. The third-order valence-electron chi connectivity index (χ3n) is 4.30. The van der Waals surface area contributed by atoms with Gasteiger partial charge in [0, 0.05) is 16.2 Å². The van der Waals surface area contributed by atoms with E-state index in [2.05, 4.69) is 38.3 Å². The van der Waals surface area contributed by atoms with Crippen LogP contribution in [0.1, 0.15) is 24.4 Å². The summed E-state index contributed by atoms with van der Waals surface area (Å²) in [4.78, 5) is 14.6. The summed E-state index contributed by atoms with van der Waals surface area (Å²) >= 11 is 3.42. The summed E-state index contributed by atoms with van der Waals surface area (Å²) in [5.74, 6) is 0.876. The number of halogens is 1.